The van der Waals surface area contributed by atoms with Crippen molar-refractivity contribution in [3.05, 3.63) is 35.1 Å². The van der Waals surface area contributed by atoms with E-state index in [0.29, 0.717) is 19.6 Å². The maximum atomic E-state index is 13.4. The van der Waals surface area contributed by atoms with Gasteiger partial charge in [0.2, 0.25) is 0 Å². The van der Waals surface area contributed by atoms with E-state index < -0.39 is 0 Å². The van der Waals surface area contributed by atoms with E-state index >= 15 is 0 Å². The normalized spacial score (nSPS) is 22.2. The molecule has 0 bridgehead atoms. The standard InChI is InChI=1S/C17H23FN4O2/c1-2-19-17(24)22-8-7-13(10-22)20-16(23)21-15-6-4-11-3-5-12(18)9-14(11)15/h3,5,9,13,15H,2,4,6-8,10H2,1H3,(H,19,24)(H2,20,21,23)/t13-,15+/m0/s1. The average Bonchev–Trinajstić information content (AvgIpc) is 3.15. The lowest BCUT2D eigenvalue weighted by atomic mass is 10.1. The summed E-state index contributed by atoms with van der Waals surface area (Å²) in [5.74, 6) is -0.281. The Morgan fingerprint density at radius 2 is 2.12 bits per heavy atom. The first-order chi connectivity index (χ1) is 11.6. The van der Waals surface area contributed by atoms with Crippen molar-refractivity contribution in [3.8, 4) is 0 Å². The molecule has 0 radical (unpaired) electrons. The third-order valence-electron chi connectivity index (χ3n) is 4.63. The molecular formula is C17H23FN4O2. The summed E-state index contributed by atoms with van der Waals surface area (Å²) in [6, 6.07) is 4.17. The minimum Gasteiger partial charge on any atom is -0.338 e. The third kappa shape index (κ3) is 3.60. The van der Waals surface area contributed by atoms with Crippen LogP contribution < -0.4 is 16.0 Å². The molecule has 0 unspecified atom stereocenters. The van der Waals surface area contributed by atoms with E-state index in [0.717, 1.165) is 30.4 Å². The van der Waals surface area contributed by atoms with Gasteiger partial charge in [-0.25, -0.2) is 14.0 Å². The molecule has 4 amide bonds. The van der Waals surface area contributed by atoms with Crippen LogP contribution in [0.2, 0.25) is 0 Å². The zero-order valence-electron chi connectivity index (χ0n) is 13.8. The van der Waals surface area contributed by atoms with Gasteiger partial charge in [-0.3, -0.25) is 0 Å². The van der Waals surface area contributed by atoms with Crippen LogP contribution in [-0.4, -0.2) is 42.6 Å². The molecule has 0 spiro atoms. The Morgan fingerprint density at radius 3 is 2.92 bits per heavy atom. The van der Waals surface area contributed by atoms with Crippen molar-refractivity contribution in [1.29, 1.82) is 0 Å². The summed E-state index contributed by atoms with van der Waals surface area (Å²) in [5.41, 5.74) is 1.95. The van der Waals surface area contributed by atoms with E-state index in [1.165, 1.54) is 12.1 Å². The highest BCUT2D eigenvalue weighted by Gasteiger charge is 2.29. The number of hydrogen-bond acceptors (Lipinski definition) is 2. The van der Waals surface area contributed by atoms with Crippen molar-refractivity contribution in [2.45, 2.75) is 38.3 Å². The minimum atomic E-state index is -0.281. The Hall–Kier alpha value is -2.31. The van der Waals surface area contributed by atoms with Gasteiger partial charge in [-0.05, 0) is 49.4 Å². The molecule has 6 nitrogen and oxygen atoms in total. The van der Waals surface area contributed by atoms with Crippen LogP contribution >= 0.6 is 0 Å². The molecule has 24 heavy (non-hydrogen) atoms. The van der Waals surface area contributed by atoms with Gasteiger partial charge in [0.15, 0.2) is 0 Å². The van der Waals surface area contributed by atoms with E-state index in [-0.39, 0.29) is 30.0 Å². The molecule has 1 saturated heterocycles. The number of carbonyl (C=O) groups excluding carboxylic acids is 2. The second kappa shape index (κ2) is 7.07. The number of rotatable bonds is 3. The molecule has 0 aromatic heterocycles. The lowest BCUT2D eigenvalue weighted by Crippen LogP contribution is -2.45. The van der Waals surface area contributed by atoms with Gasteiger partial charge in [-0.15, -0.1) is 0 Å². The largest absolute Gasteiger partial charge is 0.338 e. The quantitative estimate of drug-likeness (QED) is 0.790. The van der Waals surface area contributed by atoms with Crippen LogP contribution in [0.3, 0.4) is 0 Å². The van der Waals surface area contributed by atoms with E-state index in [1.807, 2.05) is 6.92 Å². The SMILES string of the molecule is CCNC(=O)N1CC[C@H](NC(=O)N[C@@H]2CCc3ccc(F)cc32)C1. The molecule has 1 aliphatic carbocycles. The number of nitrogens with one attached hydrogen (secondary N) is 3. The second-order valence-electron chi connectivity index (χ2n) is 6.32. The molecule has 2 atom stereocenters. The highest BCUT2D eigenvalue weighted by molar-refractivity contribution is 5.76. The summed E-state index contributed by atoms with van der Waals surface area (Å²) in [6.07, 6.45) is 2.36. The van der Waals surface area contributed by atoms with Crippen LogP contribution in [-0.2, 0) is 6.42 Å². The molecule has 3 rings (SSSR count). The maximum absolute atomic E-state index is 13.4. The van der Waals surface area contributed by atoms with Crippen molar-refractivity contribution in [3.63, 3.8) is 0 Å². The molecule has 3 N–H and O–H groups in total. The summed E-state index contributed by atoms with van der Waals surface area (Å²) in [4.78, 5) is 25.7. The number of aryl methyl sites for hydroxylation is 1. The molecule has 2 aliphatic rings. The molecule has 1 aromatic carbocycles. The maximum Gasteiger partial charge on any atom is 0.317 e. The predicted octanol–water partition coefficient (Wildman–Crippen LogP) is 1.92. The summed E-state index contributed by atoms with van der Waals surface area (Å²) in [5, 5.41) is 8.59. The Kier molecular flexibility index (Phi) is 4.87. The van der Waals surface area contributed by atoms with Crippen molar-refractivity contribution in [1.82, 2.24) is 20.9 Å². The number of halogens is 1. The number of nitrogens with zero attached hydrogens (tertiary/aromatic N) is 1. The summed E-state index contributed by atoms with van der Waals surface area (Å²) >= 11 is 0. The number of carbonyl (C=O) groups is 2. The summed E-state index contributed by atoms with van der Waals surface area (Å²) < 4.78 is 13.4. The third-order valence-corrected chi connectivity index (χ3v) is 4.63. The van der Waals surface area contributed by atoms with Crippen molar-refractivity contribution < 1.29 is 14.0 Å². The van der Waals surface area contributed by atoms with Gasteiger partial charge in [-0.2, -0.15) is 0 Å². The number of benzene rings is 1. The lowest BCUT2D eigenvalue weighted by molar-refractivity contribution is 0.207. The van der Waals surface area contributed by atoms with Gasteiger partial charge in [-0.1, -0.05) is 6.07 Å². The van der Waals surface area contributed by atoms with E-state index in [9.17, 15) is 14.0 Å². The fourth-order valence-corrected chi connectivity index (χ4v) is 3.43. The van der Waals surface area contributed by atoms with Gasteiger partial charge in [0, 0.05) is 25.7 Å². The van der Waals surface area contributed by atoms with Crippen LogP contribution in [0, 0.1) is 5.82 Å². The Bertz CT molecular complexity index is 637. The number of amides is 4. The van der Waals surface area contributed by atoms with Gasteiger partial charge >= 0.3 is 12.1 Å². The Balaban J connectivity index is 1.51. The summed E-state index contributed by atoms with van der Waals surface area (Å²) in [7, 11) is 0. The molecule has 130 valence electrons. The van der Waals surface area contributed by atoms with E-state index in [1.54, 1.807) is 11.0 Å². The second-order valence-corrected chi connectivity index (χ2v) is 6.32. The first kappa shape index (κ1) is 16.5. The predicted molar refractivity (Wildman–Crippen MR) is 88.2 cm³/mol. The molecule has 1 aliphatic heterocycles. The fourth-order valence-electron chi connectivity index (χ4n) is 3.43. The lowest BCUT2D eigenvalue weighted by Gasteiger charge is -2.19. The topological polar surface area (TPSA) is 73.5 Å². The van der Waals surface area contributed by atoms with Crippen LogP contribution in [0.1, 0.15) is 36.9 Å². The molecule has 0 saturated carbocycles. The van der Waals surface area contributed by atoms with Gasteiger partial charge < -0.3 is 20.9 Å². The van der Waals surface area contributed by atoms with E-state index in [2.05, 4.69) is 16.0 Å². The smallest absolute Gasteiger partial charge is 0.317 e. The van der Waals surface area contributed by atoms with Gasteiger partial charge in [0.05, 0.1) is 6.04 Å². The zero-order valence-corrected chi connectivity index (χ0v) is 13.8. The number of fused-ring (bicyclic) bond motifs is 1. The van der Waals surface area contributed by atoms with Crippen molar-refractivity contribution in [2.24, 2.45) is 0 Å². The van der Waals surface area contributed by atoms with Crippen LogP contribution in [0.25, 0.3) is 0 Å². The monoisotopic (exact) mass is 334 g/mol. The van der Waals surface area contributed by atoms with Crippen LogP contribution in [0.5, 0.6) is 0 Å². The molecular weight excluding hydrogens is 311 g/mol. The van der Waals surface area contributed by atoms with Gasteiger partial charge in [0.1, 0.15) is 5.82 Å². The number of urea groups is 2. The minimum absolute atomic E-state index is 0.0546. The molecule has 1 aromatic rings. The van der Waals surface area contributed by atoms with Crippen molar-refractivity contribution >= 4 is 12.1 Å². The van der Waals surface area contributed by atoms with Crippen LogP contribution in [0.4, 0.5) is 14.0 Å². The molecule has 7 heteroatoms. The Morgan fingerprint density at radius 1 is 1.29 bits per heavy atom. The first-order valence-electron chi connectivity index (χ1n) is 8.45. The Labute approximate surface area is 140 Å². The fraction of sp³-hybridized carbons (Fsp3) is 0.529. The highest BCUT2D eigenvalue weighted by Crippen LogP contribution is 2.31. The number of likely N-dealkylation sites (tertiary alicyclic amines) is 1. The average molecular weight is 334 g/mol. The summed E-state index contributed by atoms with van der Waals surface area (Å²) in [6.45, 7) is 3.61. The molecule has 1 heterocycles. The van der Waals surface area contributed by atoms with E-state index in [4.69, 9.17) is 0 Å². The molecule has 1 fully saturated rings. The van der Waals surface area contributed by atoms with Crippen molar-refractivity contribution in [2.75, 3.05) is 19.6 Å². The zero-order chi connectivity index (χ0) is 17.1. The number of hydrogen-bond donors (Lipinski definition) is 3. The van der Waals surface area contributed by atoms with Gasteiger partial charge in [0.25, 0.3) is 0 Å². The van der Waals surface area contributed by atoms with Crippen LogP contribution in [0.15, 0.2) is 18.2 Å². The highest BCUT2D eigenvalue weighted by atomic mass is 19.1. The first-order valence-corrected chi connectivity index (χ1v) is 8.45.